The minimum absolute atomic E-state index is 0.148. The lowest BCUT2D eigenvalue weighted by Crippen LogP contribution is -2.52. The molecule has 0 aliphatic carbocycles. The molecule has 1 aromatic rings. The maximum atomic E-state index is 12.9. The molecule has 2 heterocycles. The van der Waals surface area contributed by atoms with Crippen LogP contribution >= 0.6 is 0 Å². The minimum atomic E-state index is -0.316. The van der Waals surface area contributed by atoms with Gasteiger partial charge in [0.1, 0.15) is 5.82 Å². The molecule has 2 N–H and O–H groups in total. The van der Waals surface area contributed by atoms with Gasteiger partial charge in [-0.25, -0.2) is 4.39 Å². The van der Waals surface area contributed by atoms with Gasteiger partial charge in [-0.05, 0) is 31.5 Å². The zero-order valence-electron chi connectivity index (χ0n) is 13.3. The Morgan fingerprint density at radius 1 is 1.43 bits per heavy atom. The van der Waals surface area contributed by atoms with Crippen molar-refractivity contribution in [2.24, 2.45) is 11.7 Å². The molecule has 0 aromatic carbocycles. The summed E-state index contributed by atoms with van der Waals surface area (Å²) in [7, 11) is 2.20. The summed E-state index contributed by atoms with van der Waals surface area (Å²) >= 11 is 0. The molecule has 2 rings (SSSR count). The highest BCUT2D eigenvalue weighted by Gasteiger charge is 2.26. The summed E-state index contributed by atoms with van der Waals surface area (Å²) in [5.41, 5.74) is 7.05. The number of pyridine rings is 1. The highest BCUT2D eigenvalue weighted by molar-refractivity contribution is 5.10. The van der Waals surface area contributed by atoms with E-state index in [1.807, 2.05) is 0 Å². The lowest BCUT2D eigenvalue weighted by molar-refractivity contribution is 0.0801. The first-order chi connectivity index (χ1) is 10.0. The summed E-state index contributed by atoms with van der Waals surface area (Å²) < 4.78 is 12.9. The number of hydrogen-bond donors (Lipinski definition) is 1. The van der Waals surface area contributed by atoms with Crippen LogP contribution in [0.15, 0.2) is 18.3 Å². The molecule has 5 heteroatoms. The van der Waals surface area contributed by atoms with E-state index in [0.717, 1.165) is 31.9 Å². The number of aromatic nitrogens is 1. The van der Waals surface area contributed by atoms with Gasteiger partial charge in [-0.2, -0.15) is 0 Å². The first-order valence-electron chi connectivity index (χ1n) is 7.81. The van der Waals surface area contributed by atoms with Crippen molar-refractivity contribution < 1.29 is 4.39 Å². The molecule has 3 atom stereocenters. The second-order valence-corrected chi connectivity index (χ2v) is 6.21. The molecule has 1 aromatic heterocycles. The summed E-state index contributed by atoms with van der Waals surface area (Å²) in [6.45, 7) is 8.64. The zero-order valence-corrected chi connectivity index (χ0v) is 13.3. The summed E-state index contributed by atoms with van der Waals surface area (Å²) in [4.78, 5) is 9.03. The Labute approximate surface area is 127 Å². The van der Waals surface area contributed by atoms with Gasteiger partial charge in [0, 0.05) is 32.2 Å². The number of hydrogen-bond acceptors (Lipinski definition) is 4. The maximum Gasteiger partial charge on any atom is 0.141 e. The van der Waals surface area contributed by atoms with Crippen LogP contribution in [-0.4, -0.2) is 54.1 Å². The fourth-order valence-electron chi connectivity index (χ4n) is 3.01. The standard InChI is InChI=1S/C16H27FN4/c1-4-14-11-21(8-7-20(14)3)10-12(2)16(18)15-6-5-13(17)9-19-15/h5-6,9,12,14,16H,4,7-8,10-11,18H2,1-3H3. The van der Waals surface area contributed by atoms with Gasteiger partial charge in [-0.1, -0.05) is 13.8 Å². The van der Waals surface area contributed by atoms with Crippen LogP contribution in [-0.2, 0) is 0 Å². The van der Waals surface area contributed by atoms with Crippen LogP contribution in [0.1, 0.15) is 32.0 Å². The first kappa shape index (κ1) is 16.3. The monoisotopic (exact) mass is 294 g/mol. The third-order valence-electron chi connectivity index (χ3n) is 4.58. The van der Waals surface area contributed by atoms with Gasteiger partial charge in [0.15, 0.2) is 0 Å². The van der Waals surface area contributed by atoms with Crippen molar-refractivity contribution in [1.82, 2.24) is 14.8 Å². The van der Waals surface area contributed by atoms with E-state index in [1.165, 1.54) is 18.7 Å². The second-order valence-electron chi connectivity index (χ2n) is 6.21. The number of nitrogens with two attached hydrogens (primary N) is 1. The van der Waals surface area contributed by atoms with E-state index in [4.69, 9.17) is 5.73 Å². The Bertz CT molecular complexity index is 436. The van der Waals surface area contributed by atoms with E-state index in [2.05, 4.69) is 35.7 Å². The van der Waals surface area contributed by atoms with Crippen LogP contribution < -0.4 is 5.73 Å². The van der Waals surface area contributed by atoms with Crippen molar-refractivity contribution in [3.8, 4) is 0 Å². The summed E-state index contributed by atoms with van der Waals surface area (Å²) in [6.07, 6.45) is 2.41. The Morgan fingerprint density at radius 3 is 2.81 bits per heavy atom. The lowest BCUT2D eigenvalue weighted by Gasteiger charge is -2.40. The SMILES string of the molecule is CCC1CN(CC(C)C(N)c2ccc(F)cn2)CCN1C. The van der Waals surface area contributed by atoms with Crippen molar-refractivity contribution in [2.45, 2.75) is 32.4 Å². The third-order valence-corrected chi connectivity index (χ3v) is 4.58. The lowest BCUT2D eigenvalue weighted by atomic mass is 9.97. The molecule has 0 spiro atoms. The molecule has 118 valence electrons. The fourth-order valence-corrected chi connectivity index (χ4v) is 3.01. The van der Waals surface area contributed by atoms with E-state index in [-0.39, 0.29) is 11.9 Å². The molecule has 1 aliphatic rings. The van der Waals surface area contributed by atoms with Gasteiger partial charge in [0.2, 0.25) is 0 Å². The molecule has 0 radical (unpaired) electrons. The first-order valence-corrected chi connectivity index (χ1v) is 7.81. The molecule has 1 saturated heterocycles. The quantitative estimate of drug-likeness (QED) is 0.901. The summed E-state index contributed by atoms with van der Waals surface area (Å²) in [5.74, 6) is -0.0210. The van der Waals surface area contributed by atoms with Crippen LogP contribution in [0.25, 0.3) is 0 Å². The van der Waals surface area contributed by atoms with Crippen LogP contribution in [0, 0.1) is 11.7 Å². The molecule has 21 heavy (non-hydrogen) atoms. The van der Waals surface area contributed by atoms with Crippen LogP contribution in [0.5, 0.6) is 0 Å². The predicted molar refractivity (Wildman–Crippen MR) is 83.4 cm³/mol. The molecule has 1 aliphatic heterocycles. The molecule has 3 unspecified atom stereocenters. The smallest absolute Gasteiger partial charge is 0.141 e. The number of likely N-dealkylation sites (N-methyl/N-ethyl adjacent to an activating group) is 1. The Balaban J connectivity index is 1.91. The van der Waals surface area contributed by atoms with Crippen LogP contribution in [0.3, 0.4) is 0 Å². The Morgan fingerprint density at radius 2 is 2.19 bits per heavy atom. The van der Waals surface area contributed by atoms with Crippen molar-refractivity contribution in [3.05, 3.63) is 29.8 Å². The Kier molecular flexibility index (Phi) is 5.67. The highest BCUT2D eigenvalue weighted by Crippen LogP contribution is 2.20. The van der Waals surface area contributed by atoms with Gasteiger partial charge >= 0.3 is 0 Å². The zero-order chi connectivity index (χ0) is 15.4. The minimum Gasteiger partial charge on any atom is -0.322 e. The van der Waals surface area contributed by atoms with E-state index in [9.17, 15) is 4.39 Å². The van der Waals surface area contributed by atoms with Gasteiger partial charge in [0.25, 0.3) is 0 Å². The molecule has 0 saturated carbocycles. The largest absolute Gasteiger partial charge is 0.322 e. The molecule has 0 bridgehead atoms. The van der Waals surface area contributed by atoms with Crippen LogP contribution in [0.4, 0.5) is 4.39 Å². The van der Waals surface area contributed by atoms with Gasteiger partial charge in [0.05, 0.1) is 17.9 Å². The van der Waals surface area contributed by atoms with Crippen molar-refractivity contribution in [2.75, 3.05) is 33.2 Å². The fraction of sp³-hybridized carbons (Fsp3) is 0.688. The highest BCUT2D eigenvalue weighted by atomic mass is 19.1. The molecular weight excluding hydrogens is 267 g/mol. The van der Waals surface area contributed by atoms with Crippen LogP contribution in [0.2, 0.25) is 0 Å². The van der Waals surface area contributed by atoms with Gasteiger partial charge in [-0.15, -0.1) is 0 Å². The predicted octanol–water partition coefficient (Wildman–Crippen LogP) is 1.88. The maximum absolute atomic E-state index is 12.9. The van der Waals surface area contributed by atoms with Gasteiger partial charge < -0.3 is 15.5 Å². The van der Waals surface area contributed by atoms with E-state index in [0.29, 0.717) is 12.0 Å². The molecular formula is C16H27FN4. The van der Waals surface area contributed by atoms with E-state index in [1.54, 1.807) is 6.07 Å². The second kappa shape index (κ2) is 7.29. The van der Waals surface area contributed by atoms with Crippen molar-refractivity contribution >= 4 is 0 Å². The third kappa shape index (κ3) is 4.22. The Hall–Kier alpha value is -1.04. The average Bonchev–Trinajstić information content (AvgIpc) is 2.49. The average molecular weight is 294 g/mol. The number of rotatable bonds is 5. The van der Waals surface area contributed by atoms with Crippen molar-refractivity contribution in [3.63, 3.8) is 0 Å². The normalized spacial score (nSPS) is 24.0. The summed E-state index contributed by atoms with van der Waals surface area (Å²) in [5, 5.41) is 0. The van der Waals surface area contributed by atoms with E-state index >= 15 is 0 Å². The van der Waals surface area contributed by atoms with Gasteiger partial charge in [-0.3, -0.25) is 4.98 Å². The topological polar surface area (TPSA) is 45.4 Å². The summed E-state index contributed by atoms with van der Waals surface area (Å²) in [6, 6.07) is 3.60. The van der Waals surface area contributed by atoms with Crippen molar-refractivity contribution in [1.29, 1.82) is 0 Å². The number of halogens is 1. The molecule has 1 fully saturated rings. The molecule has 4 nitrogen and oxygen atoms in total. The van der Waals surface area contributed by atoms with E-state index < -0.39 is 0 Å². The molecule has 0 amide bonds. The number of nitrogens with zero attached hydrogens (tertiary/aromatic N) is 3. The number of piperazine rings is 1.